The minimum absolute atomic E-state index is 0.109. The molecule has 0 spiro atoms. The summed E-state index contributed by atoms with van der Waals surface area (Å²) in [5.74, 6) is -0.477. The third kappa shape index (κ3) is 6.83. The van der Waals surface area contributed by atoms with Crippen molar-refractivity contribution in [1.82, 2.24) is 10.2 Å². The zero-order chi connectivity index (χ0) is 22.1. The first kappa shape index (κ1) is 23.3. The molecule has 1 atom stereocenters. The van der Waals surface area contributed by atoms with E-state index in [0.29, 0.717) is 13.0 Å². The van der Waals surface area contributed by atoms with Crippen molar-refractivity contribution < 1.29 is 9.59 Å². The number of nitrogens with one attached hydrogen (secondary N) is 1. The van der Waals surface area contributed by atoms with Gasteiger partial charge < -0.3 is 10.2 Å². The van der Waals surface area contributed by atoms with Crippen LogP contribution in [0.5, 0.6) is 0 Å². The first-order valence-corrected chi connectivity index (χ1v) is 11.9. The average molecular weight is 441 g/mol. The van der Waals surface area contributed by atoms with Crippen molar-refractivity contribution in [1.29, 1.82) is 0 Å². The molecule has 0 bridgehead atoms. The highest BCUT2D eigenvalue weighted by atomic mass is 35.5. The lowest BCUT2D eigenvalue weighted by molar-refractivity contribution is -0.139. The Kier molecular flexibility index (Phi) is 8.96. The highest BCUT2D eigenvalue weighted by Crippen LogP contribution is 2.25. The standard InChI is InChI=1S/C26H33ClN2O2/c1-20-13-15-22(16-14-20)25(26(31)28-23-11-7-2-3-8-12-23)29(24(30)19-27)18-17-21-9-5-4-6-10-21/h4-6,9-10,13-16,23,25H,2-3,7-8,11-12,17-19H2,1H3,(H,28,31)/t25-/m1/s1. The zero-order valence-electron chi connectivity index (χ0n) is 18.4. The number of benzene rings is 2. The smallest absolute Gasteiger partial charge is 0.247 e. The largest absolute Gasteiger partial charge is 0.351 e. The van der Waals surface area contributed by atoms with Crippen LogP contribution in [0.2, 0.25) is 0 Å². The third-order valence-corrected chi connectivity index (χ3v) is 6.30. The number of carbonyl (C=O) groups excluding carboxylic acids is 2. The average Bonchev–Trinajstić information content (AvgIpc) is 3.06. The van der Waals surface area contributed by atoms with Crippen LogP contribution in [0.3, 0.4) is 0 Å². The Labute approximate surface area is 191 Å². The number of nitrogens with zero attached hydrogens (tertiary/aromatic N) is 1. The van der Waals surface area contributed by atoms with E-state index < -0.39 is 6.04 Å². The third-order valence-electron chi connectivity index (χ3n) is 6.07. The van der Waals surface area contributed by atoms with Gasteiger partial charge in [0.25, 0.3) is 0 Å². The molecule has 1 saturated carbocycles. The van der Waals surface area contributed by atoms with Gasteiger partial charge in [-0.15, -0.1) is 11.6 Å². The minimum atomic E-state index is -0.682. The summed E-state index contributed by atoms with van der Waals surface area (Å²) in [6, 6.07) is 17.4. The quantitative estimate of drug-likeness (QED) is 0.454. The lowest BCUT2D eigenvalue weighted by atomic mass is 10.0. The molecule has 1 aliphatic carbocycles. The highest BCUT2D eigenvalue weighted by molar-refractivity contribution is 6.27. The van der Waals surface area contributed by atoms with Crippen molar-refractivity contribution in [2.75, 3.05) is 12.4 Å². The van der Waals surface area contributed by atoms with Crippen LogP contribution in [0.15, 0.2) is 54.6 Å². The molecule has 5 heteroatoms. The number of hydrogen-bond acceptors (Lipinski definition) is 2. The van der Waals surface area contributed by atoms with E-state index in [-0.39, 0.29) is 23.7 Å². The fourth-order valence-electron chi connectivity index (χ4n) is 4.29. The summed E-state index contributed by atoms with van der Waals surface area (Å²) in [6.45, 7) is 2.45. The van der Waals surface area contributed by atoms with E-state index >= 15 is 0 Å². The summed E-state index contributed by atoms with van der Waals surface area (Å²) >= 11 is 5.98. The Morgan fingerprint density at radius 2 is 1.65 bits per heavy atom. The van der Waals surface area contributed by atoms with Gasteiger partial charge in [0.2, 0.25) is 11.8 Å². The fourth-order valence-corrected chi connectivity index (χ4v) is 4.45. The van der Waals surface area contributed by atoms with Crippen molar-refractivity contribution in [3.05, 3.63) is 71.3 Å². The second-order valence-electron chi connectivity index (χ2n) is 8.47. The van der Waals surface area contributed by atoms with Crippen molar-refractivity contribution in [3.63, 3.8) is 0 Å². The van der Waals surface area contributed by atoms with Gasteiger partial charge in [0, 0.05) is 12.6 Å². The van der Waals surface area contributed by atoms with E-state index in [1.165, 1.54) is 12.8 Å². The number of amides is 2. The molecule has 1 N–H and O–H groups in total. The van der Waals surface area contributed by atoms with Crippen LogP contribution in [0, 0.1) is 6.92 Å². The summed E-state index contributed by atoms with van der Waals surface area (Å²) in [7, 11) is 0. The zero-order valence-corrected chi connectivity index (χ0v) is 19.1. The summed E-state index contributed by atoms with van der Waals surface area (Å²) in [5.41, 5.74) is 3.07. The maximum atomic E-state index is 13.5. The van der Waals surface area contributed by atoms with Crippen molar-refractivity contribution in [2.45, 2.75) is 64.0 Å². The van der Waals surface area contributed by atoms with E-state index in [1.54, 1.807) is 4.90 Å². The molecule has 0 aliphatic heterocycles. The van der Waals surface area contributed by atoms with E-state index in [9.17, 15) is 9.59 Å². The monoisotopic (exact) mass is 440 g/mol. The number of hydrogen-bond donors (Lipinski definition) is 1. The van der Waals surface area contributed by atoms with Crippen molar-refractivity contribution in [2.24, 2.45) is 0 Å². The lowest BCUT2D eigenvalue weighted by Crippen LogP contribution is -2.47. The van der Waals surface area contributed by atoms with Gasteiger partial charge in [-0.2, -0.15) is 0 Å². The topological polar surface area (TPSA) is 49.4 Å². The van der Waals surface area contributed by atoms with E-state index in [2.05, 4.69) is 5.32 Å². The molecular weight excluding hydrogens is 408 g/mol. The highest BCUT2D eigenvalue weighted by Gasteiger charge is 2.32. The summed E-state index contributed by atoms with van der Waals surface area (Å²) in [6.07, 6.45) is 7.39. The van der Waals surface area contributed by atoms with Gasteiger partial charge in [0.1, 0.15) is 11.9 Å². The van der Waals surface area contributed by atoms with Crippen LogP contribution in [0.1, 0.15) is 61.3 Å². The van der Waals surface area contributed by atoms with E-state index in [4.69, 9.17) is 11.6 Å². The Bertz CT molecular complexity index is 830. The molecule has 31 heavy (non-hydrogen) atoms. The molecule has 1 fully saturated rings. The summed E-state index contributed by atoms with van der Waals surface area (Å²) in [4.78, 5) is 28.1. The fraction of sp³-hybridized carbons (Fsp3) is 0.462. The van der Waals surface area contributed by atoms with Crippen LogP contribution < -0.4 is 5.32 Å². The van der Waals surface area contributed by atoms with Crippen molar-refractivity contribution in [3.8, 4) is 0 Å². The number of carbonyl (C=O) groups is 2. The normalized spacial score (nSPS) is 15.7. The minimum Gasteiger partial charge on any atom is -0.351 e. The van der Waals surface area contributed by atoms with Crippen LogP contribution >= 0.6 is 11.6 Å². The summed E-state index contributed by atoms with van der Waals surface area (Å²) < 4.78 is 0. The molecule has 3 rings (SSSR count). The summed E-state index contributed by atoms with van der Waals surface area (Å²) in [5, 5.41) is 3.25. The molecule has 4 nitrogen and oxygen atoms in total. The molecule has 0 aromatic heterocycles. The van der Waals surface area contributed by atoms with Gasteiger partial charge in [-0.1, -0.05) is 85.8 Å². The van der Waals surface area contributed by atoms with Gasteiger partial charge in [-0.25, -0.2) is 0 Å². The Hall–Kier alpha value is -2.33. The lowest BCUT2D eigenvalue weighted by Gasteiger charge is -2.32. The molecule has 2 amide bonds. The van der Waals surface area contributed by atoms with Crippen LogP contribution in [-0.4, -0.2) is 35.2 Å². The number of alkyl halides is 1. The number of aryl methyl sites for hydroxylation is 1. The molecule has 0 radical (unpaired) electrons. The molecule has 0 heterocycles. The molecule has 166 valence electrons. The first-order valence-electron chi connectivity index (χ1n) is 11.3. The Morgan fingerprint density at radius 3 is 2.26 bits per heavy atom. The predicted octanol–water partition coefficient (Wildman–Crippen LogP) is 5.19. The van der Waals surface area contributed by atoms with E-state index in [0.717, 1.165) is 42.4 Å². The van der Waals surface area contributed by atoms with Gasteiger partial charge in [0.05, 0.1) is 0 Å². The van der Waals surface area contributed by atoms with Gasteiger partial charge >= 0.3 is 0 Å². The second kappa shape index (κ2) is 11.9. The van der Waals surface area contributed by atoms with Gasteiger partial charge in [-0.3, -0.25) is 9.59 Å². The molecule has 2 aromatic carbocycles. The van der Waals surface area contributed by atoms with Gasteiger partial charge in [-0.05, 0) is 37.3 Å². The Morgan fingerprint density at radius 1 is 1.00 bits per heavy atom. The molecule has 1 aliphatic rings. The second-order valence-corrected chi connectivity index (χ2v) is 8.73. The van der Waals surface area contributed by atoms with Crippen LogP contribution in [0.25, 0.3) is 0 Å². The molecular formula is C26H33ClN2O2. The number of rotatable bonds is 8. The van der Waals surface area contributed by atoms with E-state index in [1.807, 2.05) is 61.5 Å². The maximum absolute atomic E-state index is 13.5. The molecule has 0 saturated heterocycles. The first-order chi connectivity index (χ1) is 15.1. The Balaban J connectivity index is 1.85. The number of halogens is 1. The maximum Gasteiger partial charge on any atom is 0.247 e. The molecule has 2 aromatic rings. The van der Waals surface area contributed by atoms with Crippen LogP contribution in [0.4, 0.5) is 0 Å². The van der Waals surface area contributed by atoms with Crippen LogP contribution in [-0.2, 0) is 16.0 Å². The van der Waals surface area contributed by atoms with Gasteiger partial charge in [0.15, 0.2) is 0 Å². The predicted molar refractivity (Wildman–Crippen MR) is 126 cm³/mol. The van der Waals surface area contributed by atoms with Crippen molar-refractivity contribution >= 4 is 23.4 Å². The SMILES string of the molecule is Cc1ccc([C@H](C(=O)NC2CCCCCC2)N(CCc2ccccc2)C(=O)CCl)cc1. The molecule has 0 unspecified atom stereocenters.